The molecular formula is C11H25O4P. The molecule has 5 heteroatoms. The predicted octanol–water partition coefficient (Wildman–Crippen LogP) is 3.16. The van der Waals surface area contributed by atoms with Gasteiger partial charge < -0.3 is 18.5 Å². The van der Waals surface area contributed by atoms with Gasteiger partial charge in [-0.05, 0) is 27.7 Å². The van der Waals surface area contributed by atoms with Crippen LogP contribution in [0.5, 0.6) is 0 Å². The Morgan fingerprint density at radius 2 is 1.31 bits per heavy atom. The van der Waals surface area contributed by atoms with Crippen molar-refractivity contribution in [3.63, 3.8) is 0 Å². The second-order valence-electron chi connectivity index (χ2n) is 3.02. The van der Waals surface area contributed by atoms with Gasteiger partial charge in [-0.3, -0.25) is 0 Å². The first-order chi connectivity index (χ1) is 7.78. The van der Waals surface area contributed by atoms with Crippen LogP contribution in [0.4, 0.5) is 0 Å². The van der Waals surface area contributed by atoms with E-state index in [-0.39, 0.29) is 6.29 Å². The molecule has 0 fully saturated rings. The van der Waals surface area contributed by atoms with E-state index >= 15 is 0 Å². The van der Waals surface area contributed by atoms with Gasteiger partial charge in [0.1, 0.15) is 0 Å². The molecule has 0 aliphatic rings. The summed E-state index contributed by atoms with van der Waals surface area (Å²) in [5, 5.41) is 0. The van der Waals surface area contributed by atoms with Crippen LogP contribution in [0.1, 0.15) is 34.1 Å². The molecule has 0 radical (unpaired) electrons. The normalized spacial score (nSPS) is 11.6. The van der Waals surface area contributed by atoms with E-state index in [0.29, 0.717) is 26.4 Å². The molecule has 0 bridgehead atoms. The molecule has 0 aliphatic heterocycles. The molecule has 0 heterocycles. The Balaban J connectivity index is 3.83. The van der Waals surface area contributed by atoms with E-state index in [1.165, 1.54) is 0 Å². The van der Waals surface area contributed by atoms with Gasteiger partial charge in [0.15, 0.2) is 14.7 Å². The van der Waals surface area contributed by atoms with Crippen molar-refractivity contribution in [2.75, 3.05) is 32.6 Å². The van der Waals surface area contributed by atoms with E-state index in [2.05, 4.69) is 0 Å². The van der Waals surface area contributed by atoms with E-state index in [1.807, 2.05) is 27.7 Å². The van der Waals surface area contributed by atoms with Crippen molar-refractivity contribution in [1.82, 2.24) is 0 Å². The molecule has 0 rings (SSSR count). The summed E-state index contributed by atoms with van der Waals surface area (Å²) < 4.78 is 22.0. The summed E-state index contributed by atoms with van der Waals surface area (Å²) >= 11 is 0. The van der Waals surface area contributed by atoms with Crippen LogP contribution in [0.2, 0.25) is 0 Å². The number of hydrogen-bond donors (Lipinski definition) is 0. The van der Waals surface area contributed by atoms with Gasteiger partial charge in [0.25, 0.3) is 0 Å². The van der Waals surface area contributed by atoms with Crippen LogP contribution in [-0.2, 0) is 18.5 Å². The van der Waals surface area contributed by atoms with Crippen molar-refractivity contribution in [3.8, 4) is 0 Å². The number of ether oxygens (including phenoxy) is 2. The second-order valence-corrected chi connectivity index (χ2v) is 4.65. The van der Waals surface area contributed by atoms with Crippen LogP contribution >= 0.6 is 8.38 Å². The molecular weight excluding hydrogens is 227 g/mol. The average Bonchev–Trinajstić information content (AvgIpc) is 2.27. The lowest BCUT2D eigenvalue weighted by Crippen LogP contribution is -2.18. The molecule has 0 unspecified atom stereocenters. The van der Waals surface area contributed by atoms with E-state index in [4.69, 9.17) is 18.5 Å². The lowest BCUT2D eigenvalue weighted by atomic mass is 10.5. The van der Waals surface area contributed by atoms with Crippen LogP contribution in [0.25, 0.3) is 0 Å². The molecule has 0 saturated heterocycles. The molecule has 0 atom stereocenters. The van der Waals surface area contributed by atoms with Gasteiger partial charge in [-0.1, -0.05) is 0 Å². The molecule has 0 aromatic carbocycles. The van der Waals surface area contributed by atoms with Gasteiger partial charge in [-0.2, -0.15) is 0 Å². The summed E-state index contributed by atoms with van der Waals surface area (Å²) in [4.78, 5) is 0. The van der Waals surface area contributed by atoms with Gasteiger partial charge in [0, 0.05) is 25.8 Å². The quantitative estimate of drug-likeness (QED) is 0.418. The largest absolute Gasteiger partial charge is 0.353 e. The highest BCUT2D eigenvalue weighted by Gasteiger charge is 2.14. The zero-order valence-electron chi connectivity index (χ0n) is 10.9. The molecule has 0 spiro atoms. The maximum absolute atomic E-state index is 5.52. The fourth-order valence-corrected chi connectivity index (χ4v) is 2.58. The molecule has 0 saturated carbocycles. The smallest absolute Gasteiger partial charge is 0.170 e. The van der Waals surface area contributed by atoms with Gasteiger partial charge >= 0.3 is 0 Å². The van der Waals surface area contributed by atoms with Crippen molar-refractivity contribution < 1.29 is 18.5 Å². The molecule has 0 aromatic heterocycles. The molecule has 0 aliphatic carbocycles. The van der Waals surface area contributed by atoms with Crippen molar-refractivity contribution in [2.45, 2.75) is 40.4 Å². The zero-order valence-corrected chi connectivity index (χ0v) is 11.8. The minimum absolute atomic E-state index is 0.124. The van der Waals surface area contributed by atoms with Crippen LogP contribution in [0.3, 0.4) is 0 Å². The summed E-state index contributed by atoms with van der Waals surface area (Å²) in [5.74, 6) is 0. The first-order valence-corrected chi connectivity index (χ1v) is 7.41. The molecule has 0 N–H and O–H groups in total. The van der Waals surface area contributed by atoms with Gasteiger partial charge in [0.2, 0.25) is 0 Å². The maximum Gasteiger partial charge on any atom is 0.170 e. The second kappa shape index (κ2) is 11.7. The molecule has 0 amide bonds. The van der Waals surface area contributed by atoms with Crippen molar-refractivity contribution >= 4 is 8.38 Å². The minimum atomic E-state index is -0.775. The standard InChI is InChI=1S/C11H25O4P/c1-5-12-11(13-6-2)9-10-16(14-7-3)15-8-4/h11H,5-10H2,1-4H3. The zero-order chi connectivity index (χ0) is 12.2. The Kier molecular flexibility index (Phi) is 11.9. The molecule has 98 valence electrons. The number of hydrogen-bond acceptors (Lipinski definition) is 4. The fourth-order valence-electron chi connectivity index (χ4n) is 1.25. The summed E-state index contributed by atoms with van der Waals surface area (Å²) in [6.07, 6.45) is 1.57. The molecule has 0 aromatic rings. The minimum Gasteiger partial charge on any atom is -0.353 e. The summed E-state index contributed by atoms with van der Waals surface area (Å²) in [7, 11) is -0.775. The third kappa shape index (κ3) is 8.43. The third-order valence-electron chi connectivity index (χ3n) is 1.80. The van der Waals surface area contributed by atoms with Crippen molar-refractivity contribution in [3.05, 3.63) is 0 Å². The molecule has 4 nitrogen and oxygen atoms in total. The van der Waals surface area contributed by atoms with Crippen molar-refractivity contribution in [1.29, 1.82) is 0 Å². The highest BCUT2D eigenvalue weighted by Crippen LogP contribution is 2.39. The van der Waals surface area contributed by atoms with Gasteiger partial charge in [0.05, 0.1) is 13.2 Å². The Morgan fingerprint density at radius 1 is 0.812 bits per heavy atom. The van der Waals surface area contributed by atoms with Crippen LogP contribution < -0.4 is 0 Å². The average molecular weight is 252 g/mol. The Hall–Kier alpha value is 0.270. The van der Waals surface area contributed by atoms with Crippen LogP contribution in [-0.4, -0.2) is 38.9 Å². The van der Waals surface area contributed by atoms with E-state index in [0.717, 1.165) is 12.6 Å². The number of rotatable bonds is 11. The summed E-state index contributed by atoms with van der Waals surface area (Å²) in [5.41, 5.74) is 0. The SMILES string of the molecule is CCOC(CCP(OCC)OCC)OCC. The lowest BCUT2D eigenvalue weighted by molar-refractivity contribution is -0.136. The summed E-state index contributed by atoms with van der Waals surface area (Å²) in [6.45, 7) is 10.6. The maximum atomic E-state index is 5.52. The van der Waals surface area contributed by atoms with Gasteiger partial charge in [-0.15, -0.1) is 0 Å². The summed E-state index contributed by atoms with van der Waals surface area (Å²) in [6, 6.07) is 0. The van der Waals surface area contributed by atoms with Crippen molar-refractivity contribution in [2.24, 2.45) is 0 Å². The molecule has 16 heavy (non-hydrogen) atoms. The third-order valence-corrected chi connectivity index (χ3v) is 3.51. The Morgan fingerprint density at radius 3 is 1.69 bits per heavy atom. The highest BCUT2D eigenvalue weighted by atomic mass is 31.2. The highest BCUT2D eigenvalue weighted by molar-refractivity contribution is 7.47. The first-order valence-electron chi connectivity index (χ1n) is 6.04. The van der Waals surface area contributed by atoms with Crippen LogP contribution in [0.15, 0.2) is 0 Å². The van der Waals surface area contributed by atoms with E-state index in [1.54, 1.807) is 0 Å². The topological polar surface area (TPSA) is 36.9 Å². The van der Waals surface area contributed by atoms with E-state index < -0.39 is 8.38 Å². The van der Waals surface area contributed by atoms with E-state index in [9.17, 15) is 0 Å². The lowest BCUT2D eigenvalue weighted by Gasteiger charge is -2.20. The fraction of sp³-hybridized carbons (Fsp3) is 1.00. The van der Waals surface area contributed by atoms with Gasteiger partial charge in [-0.25, -0.2) is 0 Å². The monoisotopic (exact) mass is 252 g/mol. The Labute approximate surface area is 101 Å². The first kappa shape index (κ1) is 16.3. The Bertz CT molecular complexity index is 118. The predicted molar refractivity (Wildman–Crippen MR) is 66.7 cm³/mol. The van der Waals surface area contributed by atoms with Crippen LogP contribution in [0, 0.1) is 0 Å².